The van der Waals surface area contributed by atoms with Crippen LogP contribution in [0.15, 0.2) is 47.4 Å². The predicted octanol–water partition coefficient (Wildman–Crippen LogP) is 3.75. The van der Waals surface area contributed by atoms with Crippen molar-refractivity contribution in [3.8, 4) is 0 Å². The summed E-state index contributed by atoms with van der Waals surface area (Å²) in [5.41, 5.74) is 1.01. The first-order valence-electron chi connectivity index (χ1n) is 6.96. The van der Waals surface area contributed by atoms with E-state index in [4.69, 9.17) is 11.6 Å². The van der Waals surface area contributed by atoms with Gasteiger partial charge in [0.2, 0.25) is 0 Å². The van der Waals surface area contributed by atoms with Crippen molar-refractivity contribution in [1.82, 2.24) is 9.97 Å². The van der Waals surface area contributed by atoms with Crippen LogP contribution in [-0.2, 0) is 6.42 Å². The first kappa shape index (κ1) is 14.9. The Balaban J connectivity index is 1.60. The molecule has 0 saturated heterocycles. The first-order chi connectivity index (χ1) is 10.7. The first-order valence-corrected chi connectivity index (χ1v) is 8.16. The van der Waals surface area contributed by atoms with E-state index >= 15 is 0 Å². The summed E-state index contributed by atoms with van der Waals surface area (Å²) in [7, 11) is 0. The van der Waals surface area contributed by atoms with E-state index in [0.29, 0.717) is 15.3 Å². The van der Waals surface area contributed by atoms with Gasteiger partial charge in [-0.25, -0.2) is 4.98 Å². The highest BCUT2D eigenvalue weighted by Crippen LogP contribution is 2.18. The molecule has 0 aliphatic heterocycles. The van der Waals surface area contributed by atoms with Crippen LogP contribution in [0.5, 0.6) is 0 Å². The van der Waals surface area contributed by atoms with Crippen molar-refractivity contribution < 1.29 is 0 Å². The van der Waals surface area contributed by atoms with Crippen LogP contribution in [0.3, 0.4) is 0 Å². The Morgan fingerprint density at radius 1 is 1.18 bits per heavy atom. The fraction of sp³-hybridized carbons (Fsp3) is 0.188. The van der Waals surface area contributed by atoms with Crippen LogP contribution in [-0.4, -0.2) is 16.5 Å². The van der Waals surface area contributed by atoms with Gasteiger partial charge in [0.25, 0.3) is 5.56 Å². The average Bonchev–Trinajstić information content (AvgIpc) is 2.53. The van der Waals surface area contributed by atoms with Gasteiger partial charge in [-0.15, -0.1) is 0 Å². The van der Waals surface area contributed by atoms with Crippen LogP contribution < -0.4 is 10.9 Å². The van der Waals surface area contributed by atoms with Gasteiger partial charge in [0, 0.05) is 17.8 Å². The predicted molar refractivity (Wildman–Crippen MR) is 91.9 cm³/mol. The Morgan fingerprint density at radius 2 is 2.00 bits per heavy atom. The zero-order valence-electron chi connectivity index (χ0n) is 11.8. The number of anilines is 1. The highest BCUT2D eigenvalue weighted by molar-refractivity contribution is 7.21. The monoisotopic (exact) mass is 331 g/mol. The molecule has 0 radical (unpaired) electrons. The number of nitrogens with one attached hydrogen (secondary N) is 1. The van der Waals surface area contributed by atoms with Crippen molar-refractivity contribution in [2.75, 3.05) is 11.9 Å². The van der Waals surface area contributed by atoms with Gasteiger partial charge in [0.05, 0.1) is 5.39 Å². The van der Waals surface area contributed by atoms with Gasteiger partial charge in [-0.05, 0) is 42.7 Å². The maximum absolute atomic E-state index is 11.9. The molecule has 2 aromatic heterocycles. The maximum Gasteiger partial charge on any atom is 0.282 e. The topological polar surface area (TPSA) is 54.9 Å². The Morgan fingerprint density at radius 3 is 2.82 bits per heavy atom. The molecule has 0 unspecified atom stereocenters. The summed E-state index contributed by atoms with van der Waals surface area (Å²) in [5, 5.41) is 5.14. The molecule has 6 heteroatoms. The molecule has 0 saturated carbocycles. The zero-order valence-corrected chi connectivity index (χ0v) is 13.3. The molecular formula is C16H14ClN3OS. The second-order valence-electron chi connectivity index (χ2n) is 4.84. The van der Waals surface area contributed by atoms with Crippen molar-refractivity contribution in [3.63, 3.8) is 0 Å². The van der Waals surface area contributed by atoms with Gasteiger partial charge in [0.1, 0.15) is 4.83 Å². The Labute approximate surface area is 136 Å². The largest absolute Gasteiger partial charge is 0.361 e. The van der Waals surface area contributed by atoms with Crippen molar-refractivity contribution in [2.24, 2.45) is 0 Å². The fourth-order valence-electron chi connectivity index (χ4n) is 2.12. The molecule has 0 spiro atoms. The number of pyridine rings is 1. The lowest BCUT2D eigenvalue weighted by Crippen LogP contribution is -2.11. The highest BCUT2D eigenvalue weighted by atomic mass is 35.5. The van der Waals surface area contributed by atoms with Crippen LogP contribution in [0.4, 0.5) is 5.13 Å². The molecule has 3 aromatic rings. The van der Waals surface area contributed by atoms with E-state index in [1.54, 1.807) is 18.3 Å². The lowest BCUT2D eigenvalue weighted by Gasteiger charge is -2.05. The van der Waals surface area contributed by atoms with Gasteiger partial charge >= 0.3 is 0 Å². The minimum atomic E-state index is -0.234. The molecule has 0 amide bonds. The number of fused-ring (bicyclic) bond motifs is 1. The molecule has 4 nitrogen and oxygen atoms in total. The zero-order chi connectivity index (χ0) is 15.4. The third kappa shape index (κ3) is 3.61. The molecule has 2 heterocycles. The molecule has 0 fully saturated rings. The fourth-order valence-corrected chi connectivity index (χ4v) is 3.11. The number of rotatable bonds is 5. The number of nitrogens with zero attached hydrogens (tertiary/aromatic N) is 2. The number of benzene rings is 1. The van der Waals surface area contributed by atoms with Crippen LogP contribution in [0, 0.1) is 0 Å². The Bertz CT molecular complexity index is 833. The van der Waals surface area contributed by atoms with Gasteiger partial charge in [0.15, 0.2) is 5.13 Å². The van der Waals surface area contributed by atoms with Crippen LogP contribution >= 0.6 is 22.9 Å². The van der Waals surface area contributed by atoms with Crippen molar-refractivity contribution >= 4 is 38.3 Å². The third-order valence-electron chi connectivity index (χ3n) is 3.23. The highest BCUT2D eigenvalue weighted by Gasteiger charge is 2.04. The summed E-state index contributed by atoms with van der Waals surface area (Å²) < 4.78 is 0. The van der Waals surface area contributed by atoms with Gasteiger partial charge in [-0.2, -0.15) is 4.98 Å². The Kier molecular flexibility index (Phi) is 4.65. The summed E-state index contributed by atoms with van der Waals surface area (Å²) in [5.74, 6) is 0. The minimum absolute atomic E-state index is 0.234. The summed E-state index contributed by atoms with van der Waals surface area (Å²) in [6.45, 7) is 0.754. The SMILES string of the molecule is O=c1nc(NCCCc2ccc(Cl)cc2)sc2ncccc12. The molecule has 0 atom stereocenters. The van der Waals surface area contributed by atoms with E-state index in [0.717, 1.165) is 24.4 Å². The summed E-state index contributed by atoms with van der Waals surface area (Å²) in [6.07, 6.45) is 3.58. The molecule has 1 aromatic carbocycles. The number of halogens is 1. The van der Waals surface area contributed by atoms with Gasteiger partial charge in [-0.1, -0.05) is 35.1 Å². The van der Waals surface area contributed by atoms with Crippen LogP contribution in [0.25, 0.3) is 10.2 Å². The summed E-state index contributed by atoms with van der Waals surface area (Å²) in [4.78, 5) is 20.9. The average molecular weight is 332 g/mol. The standard InChI is InChI=1S/C16H14ClN3OS/c17-12-7-5-11(6-8-12)3-1-10-19-16-20-14(21)13-4-2-9-18-15(13)22-16/h2,4-9H,1,3,10H2,(H,19,20,21). The van der Waals surface area contributed by atoms with Crippen molar-refractivity contribution in [3.05, 3.63) is 63.5 Å². The quantitative estimate of drug-likeness (QED) is 0.723. The molecular weight excluding hydrogens is 318 g/mol. The number of aryl methyl sites for hydroxylation is 1. The summed E-state index contributed by atoms with van der Waals surface area (Å²) in [6, 6.07) is 11.3. The maximum atomic E-state index is 11.9. The van der Waals surface area contributed by atoms with Crippen LogP contribution in [0.2, 0.25) is 5.02 Å². The second kappa shape index (κ2) is 6.85. The molecule has 0 aliphatic carbocycles. The van der Waals surface area contributed by atoms with Crippen molar-refractivity contribution in [1.29, 1.82) is 0 Å². The molecule has 112 valence electrons. The smallest absolute Gasteiger partial charge is 0.282 e. The van der Waals surface area contributed by atoms with E-state index in [-0.39, 0.29) is 5.56 Å². The summed E-state index contributed by atoms with van der Waals surface area (Å²) >= 11 is 7.26. The second-order valence-corrected chi connectivity index (χ2v) is 6.25. The number of hydrogen-bond acceptors (Lipinski definition) is 5. The van der Waals surface area contributed by atoms with Gasteiger partial charge < -0.3 is 5.32 Å². The lowest BCUT2D eigenvalue weighted by molar-refractivity contribution is 0.861. The van der Waals surface area contributed by atoms with E-state index < -0.39 is 0 Å². The van der Waals surface area contributed by atoms with E-state index in [2.05, 4.69) is 15.3 Å². The number of aromatic nitrogens is 2. The molecule has 0 aliphatic rings. The van der Waals surface area contributed by atoms with E-state index in [1.807, 2.05) is 24.3 Å². The molecule has 0 bridgehead atoms. The molecule has 1 N–H and O–H groups in total. The third-order valence-corrected chi connectivity index (χ3v) is 4.43. The van der Waals surface area contributed by atoms with Crippen molar-refractivity contribution in [2.45, 2.75) is 12.8 Å². The van der Waals surface area contributed by atoms with E-state index in [9.17, 15) is 4.79 Å². The molecule has 22 heavy (non-hydrogen) atoms. The van der Waals surface area contributed by atoms with Gasteiger partial charge in [-0.3, -0.25) is 4.79 Å². The minimum Gasteiger partial charge on any atom is -0.361 e. The number of hydrogen-bond donors (Lipinski definition) is 1. The normalized spacial score (nSPS) is 10.8. The Hall–Kier alpha value is -1.98. The van der Waals surface area contributed by atoms with Crippen LogP contribution in [0.1, 0.15) is 12.0 Å². The van der Waals surface area contributed by atoms with E-state index in [1.165, 1.54) is 16.9 Å². The lowest BCUT2D eigenvalue weighted by atomic mass is 10.1. The molecule has 3 rings (SSSR count).